The molecule has 7 heavy (non-hydrogen) atoms. The van der Waals surface area contributed by atoms with Crippen LogP contribution >= 0.6 is 0 Å². The highest BCUT2D eigenvalue weighted by Gasteiger charge is 2.33. The lowest BCUT2D eigenvalue weighted by molar-refractivity contribution is 0.417. The highest BCUT2D eigenvalue weighted by molar-refractivity contribution is 5.13. The van der Waals surface area contributed by atoms with E-state index in [1.165, 1.54) is 0 Å². The van der Waals surface area contributed by atoms with Crippen LogP contribution in [-0.2, 0) is 4.74 Å². The van der Waals surface area contributed by atoms with E-state index < -0.39 is 0 Å². The van der Waals surface area contributed by atoms with Crippen LogP contribution in [0.2, 0.25) is 0 Å². The molecule has 1 nitrogen and oxygen atoms in total. The lowest BCUT2D eigenvalue weighted by atomic mass is 10.3. The minimum Gasteiger partial charge on any atom is -0.351 e. The number of ether oxygens (including phenoxy) is 1. The lowest BCUT2D eigenvalue weighted by Crippen LogP contribution is -1.81. The summed E-state index contributed by atoms with van der Waals surface area (Å²) in [5.74, 6) is 2.45. The molecule has 0 bridgehead atoms. The van der Waals surface area contributed by atoms with Crippen LogP contribution in [0.5, 0.6) is 0 Å². The van der Waals surface area contributed by atoms with Crippen molar-refractivity contribution >= 4 is 0 Å². The average Bonchev–Trinajstić information content (AvgIpc) is 2.43. The highest BCUT2D eigenvalue weighted by atomic mass is 16.6. The van der Waals surface area contributed by atoms with Crippen molar-refractivity contribution in [2.24, 2.45) is 0 Å². The summed E-state index contributed by atoms with van der Waals surface area (Å²) < 4.78 is 4.86. The molecular weight excluding hydrogens is 88.1 g/mol. The Morgan fingerprint density at radius 2 is 2.57 bits per heavy atom. The maximum Gasteiger partial charge on any atom is 0.148 e. The van der Waals surface area contributed by atoms with E-state index in [9.17, 15) is 0 Å². The fraction of sp³-hybridized carbons (Fsp3) is 0.333. The first-order chi connectivity index (χ1) is 3.38. The third kappa shape index (κ3) is 0.652. The molecule has 0 saturated carbocycles. The van der Waals surface area contributed by atoms with Gasteiger partial charge in [-0.2, -0.15) is 0 Å². The van der Waals surface area contributed by atoms with Gasteiger partial charge in [-0.3, -0.25) is 0 Å². The second kappa shape index (κ2) is 1.40. The molecule has 0 aromatic heterocycles. The first kappa shape index (κ1) is 4.42. The van der Waals surface area contributed by atoms with E-state index in [2.05, 4.69) is 12.5 Å². The Morgan fingerprint density at radius 1 is 1.86 bits per heavy atom. The van der Waals surface area contributed by atoms with Crippen LogP contribution < -0.4 is 0 Å². The zero-order chi connectivity index (χ0) is 5.28. The van der Waals surface area contributed by atoms with E-state index in [1.807, 2.05) is 0 Å². The van der Waals surface area contributed by atoms with Gasteiger partial charge in [0, 0.05) is 0 Å². The van der Waals surface area contributed by atoms with Gasteiger partial charge < -0.3 is 4.74 Å². The molecule has 0 N–H and O–H groups in total. The molecule has 36 valence electrons. The van der Waals surface area contributed by atoms with Crippen LogP contribution in [-0.4, -0.2) is 12.2 Å². The number of hydrogen-bond donors (Lipinski definition) is 0. The molecule has 2 atom stereocenters. The Bertz CT molecular complexity index is 121. The quantitative estimate of drug-likeness (QED) is 0.263. The van der Waals surface area contributed by atoms with Crippen LogP contribution in [0.25, 0.3) is 0 Å². The van der Waals surface area contributed by atoms with Crippen molar-refractivity contribution in [1.29, 1.82) is 0 Å². The molecule has 0 aromatic carbocycles. The first-order valence-electron chi connectivity index (χ1n) is 2.12. The van der Waals surface area contributed by atoms with Crippen LogP contribution in [0.3, 0.4) is 0 Å². The number of hydrogen-bond acceptors (Lipinski definition) is 1. The lowest BCUT2D eigenvalue weighted by Gasteiger charge is -1.64. The van der Waals surface area contributed by atoms with Crippen molar-refractivity contribution in [3.05, 3.63) is 12.7 Å². The molecule has 1 heteroatoms. The maximum absolute atomic E-state index is 4.98. The Morgan fingerprint density at radius 3 is 2.71 bits per heavy atom. The van der Waals surface area contributed by atoms with E-state index in [0.29, 0.717) is 0 Å². The molecular formula is C6H6O. The van der Waals surface area contributed by atoms with E-state index in [1.54, 1.807) is 6.08 Å². The van der Waals surface area contributed by atoms with E-state index in [0.717, 1.165) is 0 Å². The Hall–Kier alpha value is -0.740. The van der Waals surface area contributed by atoms with Crippen molar-refractivity contribution in [3.8, 4) is 12.3 Å². The highest BCUT2D eigenvalue weighted by Crippen LogP contribution is 2.20. The van der Waals surface area contributed by atoms with Gasteiger partial charge in [0.2, 0.25) is 0 Å². The summed E-state index contributed by atoms with van der Waals surface area (Å²) in [7, 11) is 0. The van der Waals surface area contributed by atoms with E-state index in [4.69, 9.17) is 11.2 Å². The topological polar surface area (TPSA) is 12.5 Å². The van der Waals surface area contributed by atoms with Crippen LogP contribution in [0.4, 0.5) is 0 Å². The predicted octanol–water partition coefficient (Wildman–Crippen LogP) is 0.573. The maximum atomic E-state index is 4.98. The molecule has 1 saturated heterocycles. The third-order valence-electron chi connectivity index (χ3n) is 0.922. The number of epoxide rings is 1. The van der Waals surface area contributed by atoms with Crippen LogP contribution in [0, 0.1) is 12.3 Å². The predicted molar refractivity (Wildman–Crippen MR) is 27.7 cm³/mol. The third-order valence-corrected chi connectivity index (χ3v) is 0.922. The molecule has 1 aliphatic rings. The minimum absolute atomic E-state index is 0.0255. The van der Waals surface area contributed by atoms with Gasteiger partial charge in [-0.25, -0.2) is 0 Å². The van der Waals surface area contributed by atoms with Crippen LogP contribution in [0.15, 0.2) is 12.7 Å². The molecule has 0 aliphatic carbocycles. The van der Waals surface area contributed by atoms with Gasteiger partial charge in [0.1, 0.15) is 12.2 Å². The average molecular weight is 94.1 g/mol. The zero-order valence-electron chi connectivity index (χ0n) is 3.92. The van der Waals surface area contributed by atoms with Gasteiger partial charge >= 0.3 is 0 Å². The standard InChI is InChI=1S/C6H6O/c1-3-5-6(4-2)7-5/h1,4-6H,2H2/t5-,6+/m1/s1. The second-order valence-electron chi connectivity index (χ2n) is 1.42. The van der Waals surface area contributed by atoms with Crippen LogP contribution in [0.1, 0.15) is 0 Å². The van der Waals surface area contributed by atoms with Crippen molar-refractivity contribution in [2.75, 3.05) is 0 Å². The van der Waals surface area contributed by atoms with Crippen molar-refractivity contribution in [1.82, 2.24) is 0 Å². The number of rotatable bonds is 1. The fourth-order valence-electron chi connectivity index (χ4n) is 0.437. The molecule has 0 amide bonds. The molecule has 1 rings (SSSR count). The Kier molecular flexibility index (Phi) is 0.883. The molecule has 1 fully saturated rings. The molecule has 0 unspecified atom stereocenters. The largest absolute Gasteiger partial charge is 0.351 e. The number of terminal acetylenes is 1. The van der Waals surface area contributed by atoms with Crippen molar-refractivity contribution in [3.63, 3.8) is 0 Å². The normalized spacial score (nSPS) is 36.4. The van der Waals surface area contributed by atoms with Crippen molar-refractivity contribution < 1.29 is 4.74 Å². The monoisotopic (exact) mass is 94.0 g/mol. The smallest absolute Gasteiger partial charge is 0.148 e. The van der Waals surface area contributed by atoms with E-state index >= 15 is 0 Å². The molecule has 0 radical (unpaired) electrons. The minimum atomic E-state index is 0.0255. The molecule has 0 aromatic rings. The summed E-state index contributed by atoms with van der Waals surface area (Å²) in [6.45, 7) is 3.50. The molecule has 1 heterocycles. The molecule has 0 spiro atoms. The summed E-state index contributed by atoms with van der Waals surface area (Å²) >= 11 is 0. The summed E-state index contributed by atoms with van der Waals surface area (Å²) in [5, 5.41) is 0. The van der Waals surface area contributed by atoms with Crippen molar-refractivity contribution in [2.45, 2.75) is 12.2 Å². The van der Waals surface area contributed by atoms with Gasteiger partial charge in [-0.1, -0.05) is 12.0 Å². The molecule has 1 aliphatic heterocycles. The van der Waals surface area contributed by atoms with Gasteiger partial charge in [-0.15, -0.1) is 13.0 Å². The summed E-state index contributed by atoms with van der Waals surface area (Å²) in [6, 6.07) is 0. The van der Waals surface area contributed by atoms with Gasteiger partial charge in [-0.05, 0) is 0 Å². The van der Waals surface area contributed by atoms with Gasteiger partial charge in [0.05, 0.1) is 0 Å². The zero-order valence-corrected chi connectivity index (χ0v) is 3.92. The SMILES string of the molecule is C#C[C@H]1O[C@H]1C=C. The Labute approximate surface area is 43.0 Å². The Balaban J connectivity index is 2.34. The summed E-state index contributed by atoms with van der Waals surface area (Å²) in [5.41, 5.74) is 0. The van der Waals surface area contributed by atoms with E-state index in [-0.39, 0.29) is 12.2 Å². The second-order valence-corrected chi connectivity index (χ2v) is 1.42. The first-order valence-corrected chi connectivity index (χ1v) is 2.12. The summed E-state index contributed by atoms with van der Waals surface area (Å²) in [4.78, 5) is 0. The van der Waals surface area contributed by atoms with Gasteiger partial charge in [0.15, 0.2) is 0 Å². The summed E-state index contributed by atoms with van der Waals surface area (Å²) in [6.07, 6.45) is 6.86. The fourth-order valence-corrected chi connectivity index (χ4v) is 0.437. The van der Waals surface area contributed by atoms with Gasteiger partial charge in [0.25, 0.3) is 0 Å².